The molecule has 156 valence electrons. The third-order valence-corrected chi connectivity index (χ3v) is 6.90. The van der Waals surface area contributed by atoms with Crippen LogP contribution >= 0.6 is 11.3 Å². The Balaban J connectivity index is 1.53. The second-order valence-corrected chi connectivity index (χ2v) is 9.82. The number of rotatable bonds is 8. The number of pyridine rings is 1. The number of hydrogen-bond donors (Lipinski definition) is 0. The van der Waals surface area contributed by atoms with Gasteiger partial charge in [0.05, 0.1) is 29.7 Å². The maximum absolute atomic E-state index is 13.0. The standard InChI is InChI=1S/C23H31N3O2S/c1-4-5-6-7-8-9-10-11-26-15-24-19-17-12-16-14-28-23(2,3)13-18(16)25-21(17)29-20(19)22(26)27/h12,15H,4-11,13-14H2,1-3H3. The van der Waals surface area contributed by atoms with Gasteiger partial charge in [-0.25, -0.2) is 9.97 Å². The molecule has 4 heterocycles. The van der Waals surface area contributed by atoms with E-state index >= 15 is 0 Å². The van der Waals surface area contributed by atoms with Crippen LogP contribution in [0.15, 0.2) is 17.2 Å². The first-order valence-electron chi connectivity index (χ1n) is 10.9. The highest BCUT2D eigenvalue weighted by atomic mass is 32.1. The van der Waals surface area contributed by atoms with Crippen LogP contribution in [0.5, 0.6) is 0 Å². The highest BCUT2D eigenvalue weighted by Crippen LogP contribution is 2.34. The van der Waals surface area contributed by atoms with Crippen molar-refractivity contribution in [3.8, 4) is 0 Å². The van der Waals surface area contributed by atoms with E-state index in [9.17, 15) is 4.79 Å². The number of thiophene rings is 1. The molecule has 0 radical (unpaired) electrons. The van der Waals surface area contributed by atoms with Gasteiger partial charge in [-0.05, 0) is 26.3 Å². The number of aromatic nitrogens is 3. The van der Waals surface area contributed by atoms with Crippen molar-refractivity contribution in [1.29, 1.82) is 0 Å². The smallest absolute Gasteiger partial charge is 0.271 e. The van der Waals surface area contributed by atoms with Crippen molar-refractivity contribution in [1.82, 2.24) is 14.5 Å². The van der Waals surface area contributed by atoms with Gasteiger partial charge in [0.2, 0.25) is 0 Å². The molecular formula is C23H31N3O2S. The molecule has 0 saturated heterocycles. The summed E-state index contributed by atoms with van der Waals surface area (Å²) in [4.78, 5) is 23.4. The molecule has 3 aromatic heterocycles. The lowest BCUT2D eigenvalue weighted by Gasteiger charge is -2.30. The first kappa shape index (κ1) is 20.5. The number of aryl methyl sites for hydroxylation is 1. The normalized spacial score (nSPS) is 15.8. The fraction of sp³-hybridized carbons (Fsp3) is 0.609. The van der Waals surface area contributed by atoms with Gasteiger partial charge in [-0.2, -0.15) is 0 Å². The summed E-state index contributed by atoms with van der Waals surface area (Å²) in [5.74, 6) is 0. The number of nitrogens with zero attached hydrogens (tertiary/aromatic N) is 3. The van der Waals surface area contributed by atoms with Crippen LogP contribution < -0.4 is 5.56 Å². The van der Waals surface area contributed by atoms with Crippen LogP contribution in [0.25, 0.3) is 20.4 Å². The van der Waals surface area contributed by atoms with Gasteiger partial charge in [0.15, 0.2) is 0 Å². The van der Waals surface area contributed by atoms with Gasteiger partial charge in [0.1, 0.15) is 9.53 Å². The molecule has 0 fully saturated rings. The van der Waals surface area contributed by atoms with E-state index in [1.165, 1.54) is 49.9 Å². The lowest BCUT2D eigenvalue weighted by Crippen LogP contribution is -2.32. The summed E-state index contributed by atoms with van der Waals surface area (Å²) in [7, 11) is 0. The molecule has 0 unspecified atom stereocenters. The molecule has 5 nitrogen and oxygen atoms in total. The van der Waals surface area contributed by atoms with Crippen molar-refractivity contribution < 1.29 is 4.74 Å². The van der Waals surface area contributed by atoms with Gasteiger partial charge < -0.3 is 4.74 Å². The minimum atomic E-state index is -0.189. The van der Waals surface area contributed by atoms with Gasteiger partial charge in [0.25, 0.3) is 5.56 Å². The predicted molar refractivity (Wildman–Crippen MR) is 120 cm³/mol. The third kappa shape index (κ3) is 4.38. The molecule has 1 aliphatic rings. The van der Waals surface area contributed by atoms with E-state index in [1.54, 1.807) is 10.9 Å². The monoisotopic (exact) mass is 413 g/mol. The molecule has 0 spiro atoms. The number of ether oxygens (including phenoxy) is 1. The molecule has 0 atom stereocenters. The Morgan fingerprint density at radius 1 is 1.17 bits per heavy atom. The highest BCUT2D eigenvalue weighted by molar-refractivity contribution is 7.25. The SMILES string of the molecule is CCCCCCCCCn1cnc2c(sc3nc4c(cc32)COC(C)(C)C4)c1=O. The third-order valence-electron chi connectivity index (χ3n) is 5.82. The van der Waals surface area contributed by atoms with Crippen LogP contribution in [0.2, 0.25) is 0 Å². The van der Waals surface area contributed by atoms with Gasteiger partial charge >= 0.3 is 0 Å². The summed E-state index contributed by atoms with van der Waals surface area (Å²) in [5, 5.41) is 0.979. The Kier molecular flexibility index (Phi) is 6.02. The van der Waals surface area contributed by atoms with E-state index in [0.29, 0.717) is 6.61 Å². The van der Waals surface area contributed by atoms with Crippen LogP contribution in [0.1, 0.15) is 77.0 Å². The zero-order valence-corrected chi connectivity index (χ0v) is 18.6. The molecule has 0 aliphatic carbocycles. The van der Waals surface area contributed by atoms with Gasteiger partial charge in [-0.3, -0.25) is 9.36 Å². The van der Waals surface area contributed by atoms with Gasteiger partial charge in [-0.1, -0.05) is 45.4 Å². The highest BCUT2D eigenvalue weighted by Gasteiger charge is 2.28. The lowest BCUT2D eigenvalue weighted by atomic mass is 9.95. The summed E-state index contributed by atoms with van der Waals surface area (Å²) >= 11 is 1.48. The molecule has 3 aromatic rings. The summed E-state index contributed by atoms with van der Waals surface area (Å²) < 4.78 is 8.43. The Morgan fingerprint density at radius 3 is 2.72 bits per heavy atom. The van der Waals surface area contributed by atoms with Crippen molar-refractivity contribution in [2.24, 2.45) is 0 Å². The van der Waals surface area contributed by atoms with Crippen LogP contribution in [0.3, 0.4) is 0 Å². The number of hydrogen-bond acceptors (Lipinski definition) is 5. The Bertz CT molecular complexity index is 1070. The predicted octanol–water partition coefficient (Wildman–Crippen LogP) is 5.61. The zero-order valence-electron chi connectivity index (χ0n) is 17.8. The summed E-state index contributed by atoms with van der Waals surface area (Å²) in [6, 6.07) is 2.12. The Hall–Kier alpha value is -1.79. The van der Waals surface area contributed by atoms with Crippen molar-refractivity contribution in [2.45, 2.75) is 90.9 Å². The second kappa shape index (κ2) is 8.52. The average molecular weight is 414 g/mol. The van der Waals surface area contributed by atoms with Crippen LogP contribution in [-0.4, -0.2) is 20.1 Å². The number of unbranched alkanes of at least 4 members (excludes halogenated alkanes) is 6. The molecule has 0 N–H and O–H groups in total. The molecule has 0 saturated carbocycles. The van der Waals surface area contributed by atoms with E-state index in [-0.39, 0.29) is 11.2 Å². The molecule has 0 aromatic carbocycles. The van der Waals surface area contributed by atoms with E-state index in [2.05, 4.69) is 31.8 Å². The minimum Gasteiger partial charge on any atom is -0.370 e. The van der Waals surface area contributed by atoms with E-state index in [0.717, 1.165) is 51.1 Å². The van der Waals surface area contributed by atoms with Crippen molar-refractivity contribution in [2.75, 3.05) is 0 Å². The first-order chi connectivity index (χ1) is 14.0. The van der Waals surface area contributed by atoms with Crippen LogP contribution in [-0.2, 0) is 24.3 Å². The van der Waals surface area contributed by atoms with E-state index < -0.39 is 0 Å². The molecule has 1 aliphatic heterocycles. The second-order valence-electron chi connectivity index (χ2n) is 8.82. The zero-order chi connectivity index (χ0) is 20.4. The largest absolute Gasteiger partial charge is 0.370 e. The molecule has 0 bridgehead atoms. The quantitative estimate of drug-likeness (QED) is 0.451. The molecule has 6 heteroatoms. The lowest BCUT2D eigenvalue weighted by molar-refractivity contribution is -0.0411. The molecule has 0 amide bonds. The minimum absolute atomic E-state index is 0.0681. The summed E-state index contributed by atoms with van der Waals surface area (Å²) in [5.41, 5.74) is 2.87. The average Bonchev–Trinajstić information content (AvgIpc) is 3.05. The summed E-state index contributed by atoms with van der Waals surface area (Å²) in [6.07, 6.45) is 11.2. The van der Waals surface area contributed by atoms with Crippen molar-refractivity contribution in [3.05, 3.63) is 34.0 Å². The van der Waals surface area contributed by atoms with Gasteiger partial charge in [0, 0.05) is 23.9 Å². The van der Waals surface area contributed by atoms with Crippen LogP contribution in [0.4, 0.5) is 0 Å². The fourth-order valence-electron chi connectivity index (χ4n) is 4.08. The molecule has 29 heavy (non-hydrogen) atoms. The van der Waals surface area contributed by atoms with E-state index in [1.807, 2.05) is 0 Å². The number of fused-ring (bicyclic) bond motifs is 4. The molecule has 4 rings (SSSR count). The Labute approximate surface area is 176 Å². The topological polar surface area (TPSA) is 57.0 Å². The summed E-state index contributed by atoms with van der Waals surface area (Å²) in [6.45, 7) is 7.74. The maximum atomic E-state index is 13.0. The fourth-order valence-corrected chi connectivity index (χ4v) is 5.15. The Morgan fingerprint density at radius 2 is 1.93 bits per heavy atom. The van der Waals surface area contributed by atoms with Crippen LogP contribution in [0, 0.1) is 0 Å². The van der Waals surface area contributed by atoms with Crippen molar-refractivity contribution in [3.63, 3.8) is 0 Å². The maximum Gasteiger partial charge on any atom is 0.271 e. The van der Waals surface area contributed by atoms with E-state index in [4.69, 9.17) is 9.72 Å². The van der Waals surface area contributed by atoms with Crippen molar-refractivity contribution >= 4 is 31.8 Å². The first-order valence-corrected chi connectivity index (χ1v) is 11.7. The molecular weight excluding hydrogens is 382 g/mol. The van der Waals surface area contributed by atoms with Gasteiger partial charge in [-0.15, -0.1) is 11.3 Å².